The molecule has 0 aromatic heterocycles. The van der Waals surface area contributed by atoms with Crippen LogP contribution in [0.1, 0.15) is 40.7 Å². The quantitative estimate of drug-likeness (QED) is 0.893. The number of likely N-dealkylation sites (tertiary alicyclic amines) is 1. The van der Waals surface area contributed by atoms with Crippen molar-refractivity contribution in [1.29, 1.82) is 0 Å². The predicted octanol–water partition coefficient (Wildman–Crippen LogP) is 1.80. The van der Waals surface area contributed by atoms with Gasteiger partial charge in [0.05, 0.1) is 13.2 Å². The van der Waals surface area contributed by atoms with Crippen LogP contribution in [-0.4, -0.2) is 34.5 Å². The molecule has 1 aromatic carbocycles. The number of nitrogens with zero attached hydrogens (tertiary/aromatic N) is 1. The van der Waals surface area contributed by atoms with Gasteiger partial charge in [-0.25, -0.2) is 4.79 Å². The van der Waals surface area contributed by atoms with Crippen molar-refractivity contribution in [1.82, 2.24) is 4.90 Å². The van der Waals surface area contributed by atoms with Crippen LogP contribution in [0.4, 0.5) is 0 Å². The Kier molecular flexibility index (Phi) is 3.44. The van der Waals surface area contributed by atoms with Crippen molar-refractivity contribution in [3.8, 4) is 0 Å². The number of rotatable bonds is 2. The van der Waals surface area contributed by atoms with E-state index in [1.165, 1.54) is 4.90 Å². The van der Waals surface area contributed by atoms with E-state index in [4.69, 9.17) is 4.74 Å². The second-order valence-electron chi connectivity index (χ2n) is 5.32. The molecule has 0 aliphatic carbocycles. The average molecular weight is 275 g/mol. The van der Waals surface area contributed by atoms with Crippen LogP contribution in [-0.2, 0) is 22.7 Å². The van der Waals surface area contributed by atoms with Gasteiger partial charge in [0.1, 0.15) is 6.04 Å². The number of fused-ring (bicyclic) bond motifs is 1. The van der Waals surface area contributed by atoms with Crippen molar-refractivity contribution in [3.05, 3.63) is 34.9 Å². The molecule has 2 aliphatic heterocycles. The van der Waals surface area contributed by atoms with Gasteiger partial charge in [-0.15, -0.1) is 0 Å². The zero-order chi connectivity index (χ0) is 14.1. The molecule has 1 atom stereocenters. The van der Waals surface area contributed by atoms with E-state index < -0.39 is 12.0 Å². The van der Waals surface area contributed by atoms with Crippen molar-refractivity contribution >= 4 is 11.9 Å². The number of aliphatic carboxylic acids is 1. The largest absolute Gasteiger partial charge is 0.480 e. The second-order valence-corrected chi connectivity index (χ2v) is 5.32. The minimum absolute atomic E-state index is 0.188. The summed E-state index contributed by atoms with van der Waals surface area (Å²) in [5, 5.41) is 9.25. The van der Waals surface area contributed by atoms with Crippen LogP contribution in [0.15, 0.2) is 18.2 Å². The lowest BCUT2D eigenvalue weighted by Crippen LogP contribution is -2.48. The van der Waals surface area contributed by atoms with E-state index in [1.807, 2.05) is 12.1 Å². The lowest BCUT2D eigenvalue weighted by atomic mass is 9.99. The number of benzene rings is 1. The third kappa shape index (κ3) is 2.29. The monoisotopic (exact) mass is 275 g/mol. The number of hydrogen-bond donors (Lipinski definition) is 1. The highest BCUT2D eigenvalue weighted by Gasteiger charge is 2.32. The first-order valence-corrected chi connectivity index (χ1v) is 6.90. The summed E-state index contributed by atoms with van der Waals surface area (Å²) in [5.41, 5.74) is 2.69. The number of carboxylic acids is 1. The lowest BCUT2D eigenvalue weighted by molar-refractivity contribution is -0.143. The highest BCUT2D eigenvalue weighted by molar-refractivity contribution is 5.97. The van der Waals surface area contributed by atoms with E-state index in [0.29, 0.717) is 31.7 Å². The molecule has 1 N–H and O–H groups in total. The molecular formula is C15H17NO4. The highest BCUT2D eigenvalue weighted by atomic mass is 16.5. The maximum absolute atomic E-state index is 12.5. The first kappa shape index (κ1) is 13.1. The second kappa shape index (κ2) is 5.25. The summed E-state index contributed by atoms with van der Waals surface area (Å²) in [6.07, 6.45) is 2.26. The Morgan fingerprint density at radius 1 is 1.20 bits per heavy atom. The third-order valence-corrected chi connectivity index (χ3v) is 4.02. The Morgan fingerprint density at radius 3 is 2.80 bits per heavy atom. The fraction of sp³-hybridized carbons (Fsp3) is 0.467. The van der Waals surface area contributed by atoms with Gasteiger partial charge in [0.2, 0.25) is 0 Å². The molecule has 1 aromatic rings. The van der Waals surface area contributed by atoms with Crippen LogP contribution in [0.25, 0.3) is 0 Å². The molecule has 5 heteroatoms. The van der Waals surface area contributed by atoms with Gasteiger partial charge in [-0.1, -0.05) is 6.07 Å². The van der Waals surface area contributed by atoms with E-state index in [0.717, 1.165) is 24.0 Å². The summed E-state index contributed by atoms with van der Waals surface area (Å²) in [4.78, 5) is 25.3. The van der Waals surface area contributed by atoms with Crippen LogP contribution in [0.3, 0.4) is 0 Å². The maximum Gasteiger partial charge on any atom is 0.326 e. The maximum atomic E-state index is 12.5. The number of ether oxygens (including phenoxy) is 1. The number of hydrogen-bond acceptors (Lipinski definition) is 3. The molecule has 1 amide bonds. The number of carbonyl (C=O) groups is 2. The molecule has 0 saturated carbocycles. The molecule has 2 aliphatic rings. The molecule has 2 heterocycles. The molecule has 0 radical (unpaired) electrons. The number of amides is 1. The fourth-order valence-corrected chi connectivity index (χ4v) is 2.90. The molecule has 0 bridgehead atoms. The van der Waals surface area contributed by atoms with Gasteiger partial charge >= 0.3 is 5.97 Å². The number of carbonyl (C=O) groups excluding carboxylic acids is 1. The van der Waals surface area contributed by atoms with Crippen LogP contribution < -0.4 is 0 Å². The fourth-order valence-electron chi connectivity index (χ4n) is 2.90. The standard InChI is InChI=1S/C15H17NO4/c17-14(16-6-2-1-3-13(16)15(18)19)10-4-5-11-8-20-9-12(11)7-10/h4-5,7,13H,1-3,6,8-9H2,(H,18,19). The molecular weight excluding hydrogens is 258 g/mol. The summed E-state index contributed by atoms with van der Waals surface area (Å²) >= 11 is 0. The van der Waals surface area contributed by atoms with Gasteiger partial charge in [-0.2, -0.15) is 0 Å². The SMILES string of the molecule is O=C(O)C1CCCCN1C(=O)c1ccc2c(c1)COC2. The van der Waals surface area contributed by atoms with E-state index in [2.05, 4.69) is 0 Å². The van der Waals surface area contributed by atoms with E-state index in [1.54, 1.807) is 6.07 Å². The summed E-state index contributed by atoms with van der Waals surface area (Å²) in [5.74, 6) is -1.10. The van der Waals surface area contributed by atoms with Gasteiger partial charge in [-0.3, -0.25) is 4.79 Å². The van der Waals surface area contributed by atoms with Crippen LogP contribution in [0.2, 0.25) is 0 Å². The topological polar surface area (TPSA) is 66.8 Å². The molecule has 20 heavy (non-hydrogen) atoms. The zero-order valence-corrected chi connectivity index (χ0v) is 11.2. The summed E-state index contributed by atoms with van der Waals surface area (Å²) in [6, 6.07) is 4.80. The molecule has 0 spiro atoms. The van der Waals surface area contributed by atoms with Gasteiger partial charge < -0.3 is 14.7 Å². The normalized spacial score (nSPS) is 21.6. The third-order valence-electron chi connectivity index (χ3n) is 4.02. The summed E-state index contributed by atoms with van der Waals surface area (Å²) in [7, 11) is 0. The Morgan fingerprint density at radius 2 is 2.00 bits per heavy atom. The van der Waals surface area contributed by atoms with Crippen LogP contribution in [0, 0.1) is 0 Å². The molecule has 1 fully saturated rings. The van der Waals surface area contributed by atoms with Crippen molar-refractivity contribution in [2.24, 2.45) is 0 Å². The molecule has 1 saturated heterocycles. The van der Waals surface area contributed by atoms with Gasteiger partial charge in [-0.05, 0) is 42.5 Å². The molecule has 3 rings (SSSR count). The summed E-state index contributed by atoms with van der Waals surface area (Å²) < 4.78 is 5.34. The van der Waals surface area contributed by atoms with Crippen LogP contribution in [0.5, 0.6) is 0 Å². The average Bonchev–Trinajstić information content (AvgIpc) is 2.93. The highest BCUT2D eigenvalue weighted by Crippen LogP contribution is 2.24. The summed E-state index contributed by atoms with van der Waals surface area (Å²) in [6.45, 7) is 1.63. The van der Waals surface area contributed by atoms with Gasteiger partial charge in [0.15, 0.2) is 0 Å². The Bertz CT molecular complexity index is 555. The number of piperidine rings is 1. The van der Waals surface area contributed by atoms with Crippen molar-refractivity contribution in [2.45, 2.75) is 38.5 Å². The molecule has 5 nitrogen and oxygen atoms in total. The van der Waals surface area contributed by atoms with E-state index in [-0.39, 0.29) is 5.91 Å². The molecule has 1 unspecified atom stereocenters. The van der Waals surface area contributed by atoms with Crippen molar-refractivity contribution < 1.29 is 19.4 Å². The lowest BCUT2D eigenvalue weighted by Gasteiger charge is -2.33. The zero-order valence-electron chi connectivity index (χ0n) is 11.2. The van der Waals surface area contributed by atoms with E-state index in [9.17, 15) is 14.7 Å². The van der Waals surface area contributed by atoms with Gasteiger partial charge in [0.25, 0.3) is 5.91 Å². The number of carboxylic acid groups (broad SMARTS) is 1. The van der Waals surface area contributed by atoms with Crippen LogP contribution >= 0.6 is 0 Å². The molecule has 106 valence electrons. The first-order valence-electron chi connectivity index (χ1n) is 6.90. The minimum Gasteiger partial charge on any atom is -0.480 e. The Balaban J connectivity index is 1.85. The smallest absolute Gasteiger partial charge is 0.326 e. The van der Waals surface area contributed by atoms with E-state index >= 15 is 0 Å². The van der Waals surface area contributed by atoms with Crippen molar-refractivity contribution in [2.75, 3.05) is 6.54 Å². The first-order chi connectivity index (χ1) is 9.66. The Hall–Kier alpha value is -1.88. The minimum atomic E-state index is -0.914. The predicted molar refractivity (Wildman–Crippen MR) is 71.2 cm³/mol. The Labute approximate surface area is 117 Å². The van der Waals surface area contributed by atoms with Gasteiger partial charge in [0, 0.05) is 12.1 Å². The van der Waals surface area contributed by atoms with Crippen molar-refractivity contribution in [3.63, 3.8) is 0 Å².